The Kier molecular flexibility index (Phi) is 10.2. The molecule has 164 valence electrons. The average molecular weight is 515 g/mol. The molecule has 2 unspecified atom stereocenters. The summed E-state index contributed by atoms with van der Waals surface area (Å²) in [5, 5.41) is 3.69. The molecule has 1 saturated heterocycles. The molecule has 2 aliphatic rings. The molecule has 0 amide bonds. The molecule has 2 fully saturated rings. The fourth-order valence-corrected chi connectivity index (χ4v) is 4.00. The Morgan fingerprint density at radius 2 is 1.86 bits per heavy atom. The number of benzene rings is 1. The highest BCUT2D eigenvalue weighted by atomic mass is 127. The molecule has 29 heavy (non-hydrogen) atoms. The molecule has 0 radical (unpaired) electrons. The normalized spacial score (nSPS) is 22.5. The van der Waals surface area contributed by atoms with Gasteiger partial charge in [-0.15, -0.1) is 24.0 Å². The lowest BCUT2D eigenvalue weighted by atomic mass is 10.0. The van der Waals surface area contributed by atoms with Crippen molar-refractivity contribution < 1.29 is 9.47 Å². The number of nitrogens with zero attached hydrogens (tertiary/aromatic N) is 2. The van der Waals surface area contributed by atoms with Crippen LogP contribution in [0, 0.1) is 0 Å². The molecule has 1 aromatic rings. The van der Waals surface area contributed by atoms with Gasteiger partial charge < -0.3 is 19.7 Å². The minimum absolute atomic E-state index is 0. The molecule has 0 aromatic heterocycles. The van der Waals surface area contributed by atoms with Crippen LogP contribution in [0.15, 0.2) is 29.3 Å². The second kappa shape index (κ2) is 12.1. The van der Waals surface area contributed by atoms with Crippen LogP contribution in [0.3, 0.4) is 0 Å². The van der Waals surface area contributed by atoms with E-state index < -0.39 is 0 Å². The van der Waals surface area contributed by atoms with Gasteiger partial charge in [0.2, 0.25) is 0 Å². The van der Waals surface area contributed by atoms with Crippen molar-refractivity contribution in [2.45, 2.75) is 63.5 Å². The Bertz CT molecular complexity index is 628. The fourth-order valence-electron chi connectivity index (χ4n) is 4.00. The zero-order chi connectivity index (χ0) is 19.9. The first-order chi connectivity index (χ1) is 13.6. The number of methoxy groups -OCH3 is 1. The number of piperidine rings is 1. The van der Waals surface area contributed by atoms with Crippen molar-refractivity contribution in [3.8, 4) is 0 Å². The van der Waals surface area contributed by atoms with Crippen molar-refractivity contribution >= 4 is 29.9 Å². The molecule has 0 bridgehead atoms. The van der Waals surface area contributed by atoms with Crippen molar-refractivity contribution in [3.63, 3.8) is 0 Å². The highest BCUT2D eigenvalue weighted by molar-refractivity contribution is 14.0. The Morgan fingerprint density at radius 1 is 1.17 bits per heavy atom. The molecule has 6 heteroatoms. The molecule has 2 atom stereocenters. The molecule has 1 N–H and O–H groups in total. The number of ether oxygens (including phenoxy) is 2. The van der Waals surface area contributed by atoms with E-state index in [4.69, 9.17) is 9.47 Å². The van der Waals surface area contributed by atoms with Crippen molar-refractivity contribution in [1.29, 1.82) is 0 Å². The molecular formula is C23H38IN3O2. The molecule has 1 saturated carbocycles. The highest BCUT2D eigenvalue weighted by Gasteiger charge is 2.39. The third-order valence-corrected chi connectivity index (χ3v) is 5.94. The SMILES string of the molecule is CN=C(NC1CC1c1ccc(C(C)C)cc1)N1CCC(OCCCOC)CC1.I. The molecule has 3 rings (SSSR count). The van der Waals surface area contributed by atoms with Crippen LogP contribution in [0.4, 0.5) is 0 Å². The number of nitrogens with one attached hydrogen (secondary N) is 1. The zero-order valence-electron chi connectivity index (χ0n) is 18.4. The smallest absolute Gasteiger partial charge is 0.193 e. The zero-order valence-corrected chi connectivity index (χ0v) is 20.7. The number of likely N-dealkylation sites (tertiary alicyclic amines) is 1. The van der Waals surface area contributed by atoms with Crippen LogP contribution >= 0.6 is 24.0 Å². The van der Waals surface area contributed by atoms with E-state index >= 15 is 0 Å². The van der Waals surface area contributed by atoms with Crippen LogP contribution in [0.2, 0.25) is 0 Å². The minimum Gasteiger partial charge on any atom is -0.385 e. The van der Waals surface area contributed by atoms with Crippen molar-refractivity contribution in [2.24, 2.45) is 4.99 Å². The predicted octanol–water partition coefficient (Wildman–Crippen LogP) is 4.38. The van der Waals surface area contributed by atoms with E-state index in [2.05, 4.69) is 53.3 Å². The maximum Gasteiger partial charge on any atom is 0.193 e. The van der Waals surface area contributed by atoms with Gasteiger partial charge in [-0.1, -0.05) is 38.1 Å². The van der Waals surface area contributed by atoms with Gasteiger partial charge in [-0.2, -0.15) is 0 Å². The average Bonchev–Trinajstić information content (AvgIpc) is 3.49. The lowest BCUT2D eigenvalue weighted by Gasteiger charge is -2.34. The maximum absolute atomic E-state index is 5.97. The Hall–Kier alpha value is -0.860. The number of hydrogen-bond acceptors (Lipinski definition) is 3. The monoisotopic (exact) mass is 515 g/mol. The first-order valence-corrected chi connectivity index (χ1v) is 10.8. The summed E-state index contributed by atoms with van der Waals surface area (Å²) >= 11 is 0. The van der Waals surface area contributed by atoms with Crippen LogP contribution in [0.1, 0.15) is 62.5 Å². The summed E-state index contributed by atoms with van der Waals surface area (Å²) in [6, 6.07) is 9.67. The minimum atomic E-state index is 0. The summed E-state index contributed by atoms with van der Waals surface area (Å²) in [7, 11) is 3.63. The summed E-state index contributed by atoms with van der Waals surface area (Å²) in [6.45, 7) is 8.08. The van der Waals surface area contributed by atoms with E-state index in [1.165, 1.54) is 17.5 Å². The van der Waals surface area contributed by atoms with E-state index in [0.717, 1.165) is 51.5 Å². The molecule has 1 heterocycles. The molecule has 1 aliphatic heterocycles. The first-order valence-electron chi connectivity index (χ1n) is 10.8. The lowest BCUT2D eigenvalue weighted by Crippen LogP contribution is -2.47. The van der Waals surface area contributed by atoms with Gasteiger partial charge in [0, 0.05) is 52.4 Å². The van der Waals surface area contributed by atoms with Crippen molar-refractivity contribution in [3.05, 3.63) is 35.4 Å². The number of halogens is 1. The van der Waals surface area contributed by atoms with Gasteiger partial charge in [0.05, 0.1) is 6.10 Å². The van der Waals surface area contributed by atoms with E-state index in [0.29, 0.717) is 24.0 Å². The molecule has 1 aromatic carbocycles. The number of aliphatic imine (C=N–C) groups is 1. The van der Waals surface area contributed by atoms with E-state index in [1.54, 1.807) is 7.11 Å². The lowest BCUT2D eigenvalue weighted by molar-refractivity contribution is 0.00989. The van der Waals surface area contributed by atoms with Crippen LogP contribution in [0.25, 0.3) is 0 Å². The van der Waals surface area contributed by atoms with E-state index in [-0.39, 0.29) is 24.0 Å². The summed E-state index contributed by atoms with van der Waals surface area (Å²) in [5.74, 6) is 2.25. The van der Waals surface area contributed by atoms with Gasteiger partial charge in [0.15, 0.2) is 5.96 Å². The predicted molar refractivity (Wildman–Crippen MR) is 131 cm³/mol. The number of guanidine groups is 1. The fraction of sp³-hybridized carbons (Fsp3) is 0.696. The second-order valence-electron chi connectivity index (χ2n) is 8.37. The highest BCUT2D eigenvalue weighted by Crippen LogP contribution is 2.41. The third-order valence-electron chi connectivity index (χ3n) is 5.94. The standard InChI is InChI=1S/C23H37N3O2.HI/c1-17(2)18-6-8-19(9-7-18)21-16-22(21)25-23(24-3)26-12-10-20(11-13-26)28-15-5-14-27-4;/h6-9,17,20-22H,5,10-16H2,1-4H3,(H,24,25);1H. The number of hydrogen-bond donors (Lipinski definition) is 1. The summed E-state index contributed by atoms with van der Waals surface area (Å²) in [6.07, 6.45) is 4.68. The summed E-state index contributed by atoms with van der Waals surface area (Å²) in [4.78, 5) is 6.92. The summed E-state index contributed by atoms with van der Waals surface area (Å²) in [5.41, 5.74) is 2.86. The van der Waals surface area contributed by atoms with Crippen LogP contribution in [-0.4, -0.2) is 63.5 Å². The Morgan fingerprint density at radius 3 is 2.45 bits per heavy atom. The summed E-state index contributed by atoms with van der Waals surface area (Å²) < 4.78 is 11.1. The quantitative estimate of drug-likeness (QED) is 0.242. The van der Waals surface area contributed by atoms with Crippen LogP contribution < -0.4 is 5.32 Å². The van der Waals surface area contributed by atoms with E-state index in [9.17, 15) is 0 Å². The van der Waals surface area contributed by atoms with Crippen LogP contribution in [0.5, 0.6) is 0 Å². The van der Waals surface area contributed by atoms with Gasteiger partial charge in [0.25, 0.3) is 0 Å². The largest absolute Gasteiger partial charge is 0.385 e. The van der Waals surface area contributed by atoms with Gasteiger partial charge in [-0.3, -0.25) is 4.99 Å². The molecule has 5 nitrogen and oxygen atoms in total. The maximum atomic E-state index is 5.97. The van der Waals surface area contributed by atoms with Gasteiger partial charge in [-0.25, -0.2) is 0 Å². The number of rotatable bonds is 8. The van der Waals surface area contributed by atoms with Crippen molar-refractivity contribution in [1.82, 2.24) is 10.2 Å². The molecule has 0 spiro atoms. The third kappa shape index (κ3) is 7.10. The van der Waals surface area contributed by atoms with Gasteiger partial charge >= 0.3 is 0 Å². The van der Waals surface area contributed by atoms with Gasteiger partial charge in [0.1, 0.15) is 0 Å². The Labute approximate surface area is 193 Å². The van der Waals surface area contributed by atoms with Crippen molar-refractivity contribution in [2.75, 3.05) is 40.5 Å². The van der Waals surface area contributed by atoms with Crippen LogP contribution in [-0.2, 0) is 9.47 Å². The molecule has 1 aliphatic carbocycles. The Balaban J connectivity index is 0.00000300. The first kappa shape index (κ1) is 24.4. The second-order valence-corrected chi connectivity index (χ2v) is 8.37. The molecular weight excluding hydrogens is 477 g/mol. The topological polar surface area (TPSA) is 46.1 Å². The van der Waals surface area contributed by atoms with E-state index in [1.807, 2.05) is 7.05 Å². The van der Waals surface area contributed by atoms with Gasteiger partial charge in [-0.05, 0) is 42.7 Å².